The molecule has 1 aromatic carbocycles. The number of nitrogens with zero attached hydrogens (tertiary/aromatic N) is 1. The summed E-state index contributed by atoms with van der Waals surface area (Å²) >= 11 is 0. The van der Waals surface area contributed by atoms with Crippen LogP contribution in [0, 0.1) is 0 Å². The molecule has 1 heterocycles. The van der Waals surface area contributed by atoms with E-state index in [2.05, 4.69) is 17.6 Å². The highest BCUT2D eigenvalue weighted by atomic mass is 16.5. The average molecular weight is 272 g/mol. The van der Waals surface area contributed by atoms with Gasteiger partial charge in [0.25, 0.3) is 0 Å². The van der Waals surface area contributed by atoms with Crippen LogP contribution in [0.5, 0.6) is 5.75 Å². The maximum Gasteiger partial charge on any atom is 0.224 e. The molecule has 0 saturated heterocycles. The molecule has 4 heteroatoms. The highest BCUT2D eigenvalue weighted by Crippen LogP contribution is 2.17. The van der Waals surface area contributed by atoms with Crippen LogP contribution in [0.25, 0.3) is 0 Å². The molecule has 0 unspecified atom stereocenters. The van der Waals surface area contributed by atoms with Gasteiger partial charge in [0.2, 0.25) is 5.91 Å². The van der Waals surface area contributed by atoms with E-state index in [1.165, 1.54) is 5.56 Å². The summed E-state index contributed by atoms with van der Waals surface area (Å²) in [7, 11) is 3.61. The van der Waals surface area contributed by atoms with Crippen molar-refractivity contribution in [3.05, 3.63) is 53.9 Å². The van der Waals surface area contributed by atoms with E-state index < -0.39 is 0 Å². The molecule has 4 nitrogen and oxygen atoms in total. The Labute approximate surface area is 119 Å². The summed E-state index contributed by atoms with van der Waals surface area (Å²) in [5.41, 5.74) is 2.14. The molecule has 1 N–H and O–H groups in total. The summed E-state index contributed by atoms with van der Waals surface area (Å²) in [6.45, 7) is 0.651. The van der Waals surface area contributed by atoms with E-state index in [1.54, 1.807) is 7.11 Å². The predicted octanol–water partition coefficient (Wildman–Crippen LogP) is 1.94. The Morgan fingerprint density at radius 1 is 1.30 bits per heavy atom. The number of amides is 1. The maximum absolute atomic E-state index is 11.9. The topological polar surface area (TPSA) is 43.3 Å². The van der Waals surface area contributed by atoms with E-state index in [9.17, 15) is 4.79 Å². The molecular formula is C16H20N2O2. The molecule has 1 aromatic heterocycles. The van der Waals surface area contributed by atoms with Gasteiger partial charge in [0.1, 0.15) is 5.75 Å². The Balaban J connectivity index is 1.80. The van der Waals surface area contributed by atoms with E-state index in [0.29, 0.717) is 13.0 Å². The van der Waals surface area contributed by atoms with Gasteiger partial charge in [-0.25, -0.2) is 0 Å². The number of rotatable bonds is 6. The second kappa shape index (κ2) is 6.80. The Morgan fingerprint density at radius 2 is 2.10 bits per heavy atom. The lowest BCUT2D eigenvalue weighted by molar-refractivity contribution is -0.120. The predicted molar refractivity (Wildman–Crippen MR) is 78.8 cm³/mol. The number of aromatic nitrogens is 1. The summed E-state index contributed by atoms with van der Waals surface area (Å²) in [5, 5.41) is 2.94. The van der Waals surface area contributed by atoms with E-state index in [0.717, 1.165) is 17.7 Å². The van der Waals surface area contributed by atoms with Crippen LogP contribution in [-0.2, 0) is 24.7 Å². The highest BCUT2D eigenvalue weighted by Gasteiger charge is 2.07. The lowest BCUT2D eigenvalue weighted by Gasteiger charge is -2.08. The molecule has 0 saturated carbocycles. The first-order valence-electron chi connectivity index (χ1n) is 6.68. The van der Waals surface area contributed by atoms with Crippen molar-refractivity contribution >= 4 is 5.91 Å². The molecule has 0 atom stereocenters. The number of hydrogen-bond acceptors (Lipinski definition) is 2. The molecule has 20 heavy (non-hydrogen) atoms. The van der Waals surface area contributed by atoms with E-state index in [1.807, 2.05) is 42.1 Å². The van der Waals surface area contributed by atoms with Crippen LogP contribution in [-0.4, -0.2) is 24.1 Å². The number of carbonyl (C=O) groups is 1. The molecule has 2 aromatic rings. The molecule has 0 spiro atoms. The third-order valence-corrected chi connectivity index (χ3v) is 3.17. The summed E-state index contributed by atoms with van der Waals surface area (Å²) in [6.07, 6.45) is 5.26. The van der Waals surface area contributed by atoms with Crippen molar-refractivity contribution in [1.82, 2.24) is 9.88 Å². The Kier molecular flexibility index (Phi) is 4.82. The van der Waals surface area contributed by atoms with Gasteiger partial charge in [0.05, 0.1) is 13.5 Å². The summed E-state index contributed by atoms with van der Waals surface area (Å²) < 4.78 is 7.25. The molecule has 0 aliphatic rings. The Bertz CT molecular complexity index is 575. The summed E-state index contributed by atoms with van der Waals surface area (Å²) in [6, 6.07) is 9.65. The number of hydrogen-bond donors (Lipinski definition) is 1. The van der Waals surface area contributed by atoms with Gasteiger partial charge in [-0.1, -0.05) is 18.2 Å². The lowest BCUT2D eigenvalue weighted by Crippen LogP contribution is -2.27. The quantitative estimate of drug-likeness (QED) is 0.873. The Hall–Kier alpha value is -2.23. The SMILES string of the molecule is COc1ccccc1CC(=O)NCCc1ccn(C)c1. The van der Waals surface area contributed by atoms with Gasteiger partial charge in [0, 0.05) is 31.5 Å². The zero-order chi connectivity index (χ0) is 14.4. The number of ether oxygens (including phenoxy) is 1. The van der Waals surface area contributed by atoms with Crippen molar-refractivity contribution in [2.45, 2.75) is 12.8 Å². The molecule has 2 rings (SSSR count). The first-order chi connectivity index (χ1) is 9.69. The fourth-order valence-electron chi connectivity index (χ4n) is 2.14. The maximum atomic E-state index is 11.9. The zero-order valence-corrected chi connectivity index (χ0v) is 11.9. The number of benzene rings is 1. The molecule has 0 aliphatic carbocycles. The minimum Gasteiger partial charge on any atom is -0.496 e. The van der Waals surface area contributed by atoms with Crippen molar-refractivity contribution in [3.63, 3.8) is 0 Å². The first-order valence-corrected chi connectivity index (χ1v) is 6.68. The largest absolute Gasteiger partial charge is 0.496 e. The second-order valence-electron chi connectivity index (χ2n) is 4.77. The minimum absolute atomic E-state index is 0.0189. The van der Waals surface area contributed by atoms with Crippen molar-refractivity contribution < 1.29 is 9.53 Å². The third kappa shape index (κ3) is 3.88. The number of methoxy groups -OCH3 is 1. The normalized spacial score (nSPS) is 10.3. The van der Waals surface area contributed by atoms with Crippen molar-refractivity contribution in [3.8, 4) is 5.75 Å². The average Bonchev–Trinajstić information content (AvgIpc) is 2.85. The molecule has 0 aliphatic heterocycles. The van der Waals surface area contributed by atoms with E-state index in [-0.39, 0.29) is 5.91 Å². The molecule has 0 fully saturated rings. The minimum atomic E-state index is 0.0189. The van der Waals surface area contributed by atoms with Crippen LogP contribution in [0.2, 0.25) is 0 Å². The van der Waals surface area contributed by atoms with Gasteiger partial charge in [-0.15, -0.1) is 0 Å². The molecule has 106 valence electrons. The summed E-state index contributed by atoms with van der Waals surface area (Å²) in [4.78, 5) is 11.9. The van der Waals surface area contributed by atoms with Gasteiger partial charge < -0.3 is 14.6 Å². The number of para-hydroxylation sites is 1. The third-order valence-electron chi connectivity index (χ3n) is 3.17. The standard InChI is InChI=1S/C16H20N2O2/c1-18-10-8-13(12-18)7-9-17-16(19)11-14-5-3-4-6-15(14)20-2/h3-6,8,10,12H,7,9,11H2,1-2H3,(H,17,19). The van der Waals surface area contributed by atoms with Crippen LogP contribution in [0.3, 0.4) is 0 Å². The van der Waals surface area contributed by atoms with Gasteiger partial charge in [-0.05, 0) is 24.1 Å². The van der Waals surface area contributed by atoms with Crippen molar-refractivity contribution in [1.29, 1.82) is 0 Å². The molecule has 0 bridgehead atoms. The van der Waals surface area contributed by atoms with Crippen LogP contribution in [0.1, 0.15) is 11.1 Å². The smallest absolute Gasteiger partial charge is 0.224 e. The van der Waals surface area contributed by atoms with E-state index in [4.69, 9.17) is 4.74 Å². The van der Waals surface area contributed by atoms with Crippen molar-refractivity contribution in [2.24, 2.45) is 7.05 Å². The number of carbonyl (C=O) groups excluding carboxylic acids is 1. The number of aryl methyl sites for hydroxylation is 1. The zero-order valence-electron chi connectivity index (χ0n) is 11.9. The molecule has 0 radical (unpaired) electrons. The monoisotopic (exact) mass is 272 g/mol. The van der Waals surface area contributed by atoms with Crippen LogP contribution >= 0.6 is 0 Å². The molecule has 1 amide bonds. The van der Waals surface area contributed by atoms with Gasteiger partial charge in [0.15, 0.2) is 0 Å². The second-order valence-corrected chi connectivity index (χ2v) is 4.77. The van der Waals surface area contributed by atoms with Gasteiger partial charge >= 0.3 is 0 Å². The fraction of sp³-hybridized carbons (Fsp3) is 0.312. The highest BCUT2D eigenvalue weighted by molar-refractivity contribution is 5.79. The van der Waals surface area contributed by atoms with E-state index >= 15 is 0 Å². The number of nitrogens with one attached hydrogen (secondary N) is 1. The Morgan fingerprint density at radius 3 is 2.80 bits per heavy atom. The molecular weight excluding hydrogens is 252 g/mol. The lowest BCUT2D eigenvalue weighted by atomic mass is 10.1. The van der Waals surface area contributed by atoms with Gasteiger partial charge in [-0.3, -0.25) is 4.79 Å². The van der Waals surface area contributed by atoms with Crippen LogP contribution in [0.4, 0.5) is 0 Å². The van der Waals surface area contributed by atoms with Crippen molar-refractivity contribution in [2.75, 3.05) is 13.7 Å². The van der Waals surface area contributed by atoms with Crippen LogP contribution < -0.4 is 10.1 Å². The van der Waals surface area contributed by atoms with Crippen LogP contribution in [0.15, 0.2) is 42.7 Å². The van der Waals surface area contributed by atoms with Gasteiger partial charge in [-0.2, -0.15) is 0 Å². The fourth-order valence-corrected chi connectivity index (χ4v) is 2.14. The summed E-state index contributed by atoms with van der Waals surface area (Å²) in [5.74, 6) is 0.774. The first kappa shape index (κ1) is 14.2.